The molecular weight excluding hydrogens is 641 g/mol. The lowest BCUT2D eigenvalue weighted by Crippen LogP contribution is -2.22. The number of allylic oxidation sites excluding steroid dienone is 4. The lowest BCUT2D eigenvalue weighted by atomic mass is 10.1. The normalized spacial score (nSPS) is 10.3. The Bertz CT molecular complexity index is 509. The minimum absolute atomic E-state index is 0. The molecule has 0 aliphatic rings. The molecule has 0 rings (SSSR count). The third-order valence-corrected chi connectivity index (χ3v) is 7.24. The van der Waals surface area contributed by atoms with Crippen LogP contribution in [0.25, 0.3) is 0 Å². The molecule has 0 aromatic carbocycles. The highest BCUT2D eigenvalue weighted by atomic mass is 16.3. The van der Waals surface area contributed by atoms with Gasteiger partial charge in [0.2, 0.25) is 0 Å². The van der Waals surface area contributed by atoms with E-state index in [4.69, 9.17) is 10.2 Å². The summed E-state index contributed by atoms with van der Waals surface area (Å²) in [5.74, 6) is 0. The SMILES string of the molecule is C.C.C.C.CC/C=C\CC.CCCCCCCC/C=C\CCCCCCCC.CCNCCCNC/C=C\CNCCCNCC.OC/C=C\CO. The van der Waals surface area contributed by atoms with Crippen LogP contribution in [0, 0.1) is 0 Å². The van der Waals surface area contributed by atoms with Crippen LogP contribution in [-0.2, 0) is 0 Å². The van der Waals surface area contributed by atoms with Gasteiger partial charge in [-0.3, -0.25) is 0 Å². The molecule has 320 valence electrons. The summed E-state index contributed by atoms with van der Waals surface area (Å²) in [7, 11) is 0. The van der Waals surface area contributed by atoms with Crippen molar-refractivity contribution in [3.8, 4) is 0 Å². The first-order valence-corrected chi connectivity index (χ1v) is 20.3. The van der Waals surface area contributed by atoms with Crippen LogP contribution in [0.1, 0.15) is 187 Å². The number of hydrogen-bond acceptors (Lipinski definition) is 6. The van der Waals surface area contributed by atoms with Crippen molar-refractivity contribution < 1.29 is 10.2 Å². The number of rotatable bonds is 32. The smallest absolute Gasteiger partial charge is 0.0613 e. The van der Waals surface area contributed by atoms with E-state index < -0.39 is 0 Å². The second-order valence-corrected chi connectivity index (χ2v) is 12.0. The van der Waals surface area contributed by atoms with Crippen molar-refractivity contribution in [1.82, 2.24) is 21.3 Å². The minimum Gasteiger partial charge on any atom is -0.392 e. The van der Waals surface area contributed by atoms with Gasteiger partial charge in [-0.1, -0.05) is 184 Å². The highest BCUT2D eigenvalue weighted by molar-refractivity contribution is 4.85. The Morgan fingerprint density at radius 2 is 0.673 bits per heavy atom. The monoisotopic (exact) mass is 745 g/mol. The van der Waals surface area contributed by atoms with Crippen LogP contribution in [0.5, 0.6) is 0 Å². The van der Waals surface area contributed by atoms with E-state index in [2.05, 4.69) is 99.3 Å². The van der Waals surface area contributed by atoms with Crippen LogP contribution in [0.15, 0.2) is 48.6 Å². The Morgan fingerprint density at radius 3 is 0.981 bits per heavy atom. The number of unbranched alkanes of at least 4 members (excludes halogenated alkanes) is 12. The number of nitrogens with one attached hydrogen (secondary N) is 4. The zero-order chi connectivity index (χ0) is 36.3. The van der Waals surface area contributed by atoms with E-state index in [0.717, 1.165) is 52.4 Å². The zero-order valence-electron chi connectivity index (χ0n) is 33.3. The summed E-state index contributed by atoms with van der Waals surface area (Å²) in [6, 6.07) is 0. The molecule has 0 saturated heterocycles. The van der Waals surface area contributed by atoms with E-state index >= 15 is 0 Å². The van der Waals surface area contributed by atoms with Crippen molar-refractivity contribution in [1.29, 1.82) is 0 Å². The van der Waals surface area contributed by atoms with Crippen LogP contribution in [0.4, 0.5) is 0 Å². The molecule has 0 unspecified atom stereocenters. The highest BCUT2D eigenvalue weighted by Gasteiger charge is 1.90. The summed E-state index contributed by atoms with van der Waals surface area (Å²) in [5.41, 5.74) is 0. The lowest BCUT2D eigenvalue weighted by molar-refractivity contribution is 0.329. The molecule has 0 heterocycles. The summed E-state index contributed by atoms with van der Waals surface area (Å²) in [6.45, 7) is 21.7. The molecule has 0 amide bonds. The van der Waals surface area contributed by atoms with Gasteiger partial charge in [0, 0.05) is 13.1 Å². The Kier molecular flexibility index (Phi) is 104. The van der Waals surface area contributed by atoms with Crippen molar-refractivity contribution >= 4 is 0 Å². The van der Waals surface area contributed by atoms with Crippen LogP contribution in [-0.4, -0.2) is 75.8 Å². The van der Waals surface area contributed by atoms with Crippen molar-refractivity contribution in [2.75, 3.05) is 65.6 Å². The van der Waals surface area contributed by atoms with Crippen LogP contribution in [0.3, 0.4) is 0 Å². The first-order valence-electron chi connectivity index (χ1n) is 20.3. The maximum atomic E-state index is 8.00. The van der Waals surface area contributed by atoms with E-state index in [1.165, 1.54) is 128 Å². The maximum Gasteiger partial charge on any atom is 0.0613 e. The van der Waals surface area contributed by atoms with Gasteiger partial charge in [-0.15, -0.1) is 0 Å². The Labute approximate surface area is 331 Å². The second-order valence-electron chi connectivity index (χ2n) is 12.0. The molecule has 6 N–H and O–H groups in total. The Balaban J connectivity index is -0.0000000893. The van der Waals surface area contributed by atoms with Gasteiger partial charge >= 0.3 is 0 Å². The van der Waals surface area contributed by atoms with Gasteiger partial charge in [-0.25, -0.2) is 0 Å². The fourth-order valence-corrected chi connectivity index (χ4v) is 4.37. The lowest BCUT2D eigenvalue weighted by Gasteiger charge is -2.03. The molecule has 0 radical (unpaired) electrons. The average molecular weight is 745 g/mol. The van der Waals surface area contributed by atoms with Crippen LogP contribution < -0.4 is 21.3 Å². The largest absolute Gasteiger partial charge is 0.392 e. The predicted molar refractivity (Wildman–Crippen MR) is 246 cm³/mol. The maximum absolute atomic E-state index is 8.00. The van der Waals surface area contributed by atoms with Gasteiger partial charge < -0.3 is 31.5 Å². The number of aliphatic hydroxyl groups excluding tert-OH is 2. The predicted octanol–water partition coefficient (Wildman–Crippen LogP) is 12.2. The first kappa shape index (κ1) is 68.7. The summed E-state index contributed by atoms with van der Waals surface area (Å²) in [5, 5.41) is 29.4. The quantitative estimate of drug-likeness (QED) is 0.0304. The number of hydrogen-bond donors (Lipinski definition) is 6. The second kappa shape index (κ2) is 78.7. The molecular formula is C46H104N4O2. The molecule has 0 aliphatic heterocycles. The molecule has 0 saturated carbocycles. The van der Waals surface area contributed by atoms with Gasteiger partial charge in [-0.05, 0) is 90.6 Å². The Morgan fingerprint density at radius 1 is 0.346 bits per heavy atom. The molecule has 0 atom stereocenters. The zero-order valence-corrected chi connectivity index (χ0v) is 33.3. The van der Waals surface area contributed by atoms with Crippen molar-refractivity contribution in [2.24, 2.45) is 0 Å². The third-order valence-electron chi connectivity index (χ3n) is 7.24. The van der Waals surface area contributed by atoms with Crippen molar-refractivity contribution in [3.63, 3.8) is 0 Å². The fraction of sp³-hybridized carbons (Fsp3) is 0.826. The molecule has 6 heteroatoms. The van der Waals surface area contributed by atoms with E-state index in [-0.39, 0.29) is 42.9 Å². The van der Waals surface area contributed by atoms with Gasteiger partial charge in [0.05, 0.1) is 13.2 Å². The molecule has 0 aromatic rings. The molecule has 52 heavy (non-hydrogen) atoms. The van der Waals surface area contributed by atoms with E-state index in [1.807, 2.05) is 0 Å². The molecule has 0 fully saturated rings. The summed E-state index contributed by atoms with van der Waals surface area (Å²) < 4.78 is 0. The molecule has 6 nitrogen and oxygen atoms in total. The first-order chi connectivity index (χ1) is 23.7. The summed E-state index contributed by atoms with van der Waals surface area (Å²) >= 11 is 0. The fourth-order valence-electron chi connectivity index (χ4n) is 4.37. The van der Waals surface area contributed by atoms with Crippen molar-refractivity contribution in [2.45, 2.75) is 187 Å². The highest BCUT2D eigenvalue weighted by Crippen LogP contribution is 2.09. The average Bonchev–Trinajstić information content (AvgIpc) is 3.11. The van der Waals surface area contributed by atoms with Crippen LogP contribution in [0.2, 0.25) is 0 Å². The summed E-state index contributed by atoms with van der Waals surface area (Å²) in [4.78, 5) is 0. The van der Waals surface area contributed by atoms with Gasteiger partial charge in [0.25, 0.3) is 0 Å². The molecule has 0 bridgehead atoms. The summed E-state index contributed by atoms with van der Waals surface area (Å²) in [6.07, 6.45) is 40.9. The topological polar surface area (TPSA) is 88.6 Å². The van der Waals surface area contributed by atoms with Gasteiger partial charge in [0.1, 0.15) is 0 Å². The van der Waals surface area contributed by atoms with Crippen LogP contribution >= 0.6 is 0 Å². The van der Waals surface area contributed by atoms with E-state index in [9.17, 15) is 0 Å². The molecule has 0 aliphatic carbocycles. The molecule has 0 spiro atoms. The minimum atomic E-state index is 0. The van der Waals surface area contributed by atoms with E-state index in [1.54, 1.807) is 0 Å². The Hall–Kier alpha value is -1.28. The van der Waals surface area contributed by atoms with Gasteiger partial charge in [0.15, 0.2) is 0 Å². The molecule has 0 aromatic heterocycles. The van der Waals surface area contributed by atoms with E-state index in [0.29, 0.717) is 0 Å². The number of aliphatic hydroxyl groups is 2. The van der Waals surface area contributed by atoms with Crippen molar-refractivity contribution in [3.05, 3.63) is 48.6 Å². The third kappa shape index (κ3) is 92.0. The van der Waals surface area contributed by atoms with Gasteiger partial charge in [-0.2, -0.15) is 0 Å². The standard InChI is InChI=1S/C18H36.C14H32N4.C6H12.C4H8O2.4CH4/c1-3-5-7-9-11-13-15-17-18-16-14-12-10-8-6-4-2;1-3-15-11-7-13-17-9-5-6-10-18-14-8-12-16-4-2;1-3-5-6-4-2;5-3-1-2-4-6;;;;/h17-18H,3-16H2,1-2H3;5-6,15-18H,3-4,7-14H2,1-2H3;5-6H,3-4H2,1-2H3;1-2,5-6H,3-4H2;4*1H4/b18-17-;2*6-5-;2-1-;;;;.